The third-order valence-corrected chi connectivity index (χ3v) is 4.50. The number of esters is 1. The molecule has 0 fully saturated rings. The van der Waals surface area contributed by atoms with Crippen molar-refractivity contribution in [3.05, 3.63) is 68.2 Å². The number of carbonyl (C=O) groups excluding carboxylic acids is 3. The Morgan fingerprint density at radius 1 is 1.22 bits per heavy atom. The van der Waals surface area contributed by atoms with Gasteiger partial charge in [-0.3, -0.25) is 29.4 Å². The van der Waals surface area contributed by atoms with E-state index in [4.69, 9.17) is 16.3 Å². The summed E-state index contributed by atoms with van der Waals surface area (Å²) in [6, 6.07) is 8.54. The van der Waals surface area contributed by atoms with Gasteiger partial charge in [0.15, 0.2) is 0 Å². The average Bonchev–Trinajstić information content (AvgIpc) is 2.87. The molecule has 0 N–H and O–H groups in total. The minimum atomic E-state index is -0.794. The number of carbonyl (C=O) groups is 3. The second kappa shape index (κ2) is 7.16. The van der Waals surface area contributed by atoms with Gasteiger partial charge < -0.3 is 4.74 Å². The largest absolute Gasteiger partial charge is 0.426 e. The van der Waals surface area contributed by atoms with Gasteiger partial charge in [-0.05, 0) is 36.8 Å². The molecule has 9 heteroatoms. The Morgan fingerprint density at radius 2 is 1.96 bits per heavy atom. The number of rotatable bonds is 5. The maximum Gasteiger partial charge on any atom is 0.312 e. The minimum absolute atomic E-state index is 0.0455. The molecule has 8 nitrogen and oxygen atoms in total. The number of imide groups is 1. The van der Waals surface area contributed by atoms with Gasteiger partial charge in [0.05, 0.1) is 16.9 Å². The zero-order chi connectivity index (χ0) is 19.7. The number of hydrogen-bond acceptors (Lipinski definition) is 6. The summed E-state index contributed by atoms with van der Waals surface area (Å²) in [6.45, 7) is 1.51. The molecule has 0 saturated heterocycles. The van der Waals surface area contributed by atoms with Crippen LogP contribution in [0.3, 0.4) is 0 Å². The van der Waals surface area contributed by atoms with E-state index in [2.05, 4.69) is 0 Å². The summed E-state index contributed by atoms with van der Waals surface area (Å²) in [4.78, 5) is 48.0. The van der Waals surface area contributed by atoms with Gasteiger partial charge >= 0.3 is 5.97 Å². The molecule has 138 valence electrons. The molecule has 3 rings (SSSR count). The number of nitro benzene ring substituents is 1. The molecule has 27 heavy (non-hydrogen) atoms. The van der Waals surface area contributed by atoms with Gasteiger partial charge in [0.2, 0.25) is 0 Å². The van der Waals surface area contributed by atoms with Crippen molar-refractivity contribution in [2.45, 2.75) is 13.3 Å². The van der Waals surface area contributed by atoms with Crippen LogP contribution in [-0.2, 0) is 4.79 Å². The molecule has 0 aliphatic carbocycles. The highest BCUT2D eigenvalue weighted by Crippen LogP contribution is 2.30. The Bertz CT molecular complexity index is 988. The van der Waals surface area contributed by atoms with Crippen LogP contribution in [0.15, 0.2) is 36.4 Å². The fourth-order valence-corrected chi connectivity index (χ4v) is 2.85. The third-order valence-electron chi connectivity index (χ3n) is 4.07. The number of benzene rings is 2. The lowest BCUT2D eigenvalue weighted by atomic mass is 10.1. The first kappa shape index (κ1) is 18.5. The number of nitro groups is 1. The Kier molecular flexibility index (Phi) is 4.91. The third kappa shape index (κ3) is 3.52. The van der Waals surface area contributed by atoms with E-state index < -0.39 is 28.4 Å². The van der Waals surface area contributed by atoms with Crippen molar-refractivity contribution in [1.82, 2.24) is 4.90 Å². The average molecular weight is 389 g/mol. The molecule has 1 aliphatic rings. The molecule has 0 bridgehead atoms. The quantitative estimate of drug-likeness (QED) is 0.256. The van der Waals surface area contributed by atoms with Gasteiger partial charge in [-0.1, -0.05) is 17.7 Å². The number of nitrogens with zero attached hydrogens (tertiary/aromatic N) is 2. The molecular weight excluding hydrogens is 376 g/mol. The number of halogens is 1. The van der Waals surface area contributed by atoms with Crippen molar-refractivity contribution in [3.63, 3.8) is 0 Å². The van der Waals surface area contributed by atoms with Gasteiger partial charge in [0, 0.05) is 17.6 Å². The molecule has 1 aliphatic heterocycles. The second-order valence-electron chi connectivity index (χ2n) is 5.85. The highest BCUT2D eigenvalue weighted by atomic mass is 35.5. The van der Waals surface area contributed by atoms with E-state index in [9.17, 15) is 24.5 Å². The van der Waals surface area contributed by atoms with Gasteiger partial charge in [-0.25, -0.2) is 0 Å². The lowest BCUT2D eigenvalue weighted by Gasteiger charge is -2.13. The normalized spacial score (nSPS) is 12.9. The summed E-state index contributed by atoms with van der Waals surface area (Å²) in [6.07, 6.45) is -0.249. The van der Waals surface area contributed by atoms with Gasteiger partial charge in [-0.2, -0.15) is 0 Å². The van der Waals surface area contributed by atoms with Gasteiger partial charge in [0.25, 0.3) is 17.5 Å². The van der Waals surface area contributed by atoms with E-state index >= 15 is 0 Å². The van der Waals surface area contributed by atoms with Crippen LogP contribution < -0.4 is 4.74 Å². The molecule has 0 saturated carbocycles. The van der Waals surface area contributed by atoms with Crippen LogP contribution in [-0.4, -0.2) is 34.2 Å². The minimum Gasteiger partial charge on any atom is -0.426 e. The van der Waals surface area contributed by atoms with Crippen molar-refractivity contribution < 1.29 is 24.0 Å². The molecular formula is C18H13ClN2O6. The zero-order valence-corrected chi connectivity index (χ0v) is 14.9. The number of hydrogen-bond donors (Lipinski definition) is 0. The fourth-order valence-electron chi connectivity index (χ4n) is 2.74. The number of ether oxygens (including phenoxy) is 1. The molecule has 2 aromatic carbocycles. The van der Waals surface area contributed by atoms with E-state index in [0.717, 1.165) is 16.5 Å². The number of aryl methyl sites for hydroxylation is 1. The first-order chi connectivity index (χ1) is 12.8. The summed E-state index contributed by atoms with van der Waals surface area (Å²) in [5, 5.41) is 11.6. The van der Waals surface area contributed by atoms with Gasteiger partial charge in [-0.15, -0.1) is 0 Å². The van der Waals surface area contributed by atoms with Crippen LogP contribution in [0.2, 0.25) is 5.02 Å². The standard InChI is InChI=1S/C18H13ClN2O6/c1-10-9-11(5-6-13(10)19)27-15(22)7-8-20-17(23)12-3-2-4-14(21(25)26)16(12)18(20)24/h2-6,9H,7-8H2,1H3. The fraction of sp³-hybridized carbons (Fsp3) is 0.167. The number of amides is 2. The smallest absolute Gasteiger partial charge is 0.312 e. The summed E-state index contributed by atoms with van der Waals surface area (Å²) in [7, 11) is 0. The van der Waals surface area contributed by atoms with Gasteiger partial charge in [0.1, 0.15) is 11.3 Å². The first-order valence-corrected chi connectivity index (χ1v) is 8.28. The summed E-state index contributed by atoms with van der Waals surface area (Å²) in [5.74, 6) is -1.83. The summed E-state index contributed by atoms with van der Waals surface area (Å²) >= 11 is 5.91. The van der Waals surface area contributed by atoms with Crippen LogP contribution in [0.1, 0.15) is 32.7 Å². The first-order valence-electron chi connectivity index (χ1n) is 7.90. The Balaban J connectivity index is 1.70. The molecule has 0 unspecified atom stereocenters. The van der Waals surface area contributed by atoms with Crippen LogP contribution >= 0.6 is 11.6 Å². The lowest BCUT2D eigenvalue weighted by Crippen LogP contribution is -2.32. The van der Waals surface area contributed by atoms with Crippen molar-refractivity contribution in [2.75, 3.05) is 6.54 Å². The zero-order valence-electron chi connectivity index (χ0n) is 14.1. The van der Waals surface area contributed by atoms with Crippen molar-refractivity contribution in [1.29, 1.82) is 0 Å². The molecule has 0 radical (unpaired) electrons. The monoisotopic (exact) mass is 388 g/mol. The lowest BCUT2D eigenvalue weighted by molar-refractivity contribution is -0.385. The van der Waals surface area contributed by atoms with E-state index in [0.29, 0.717) is 10.8 Å². The van der Waals surface area contributed by atoms with E-state index in [1.807, 2.05) is 0 Å². The van der Waals surface area contributed by atoms with Crippen LogP contribution in [0.25, 0.3) is 0 Å². The van der Waals surface area contributed by atoms with Crippen molar-refractivity contribution in [3.8, 4) is 5.75 Å². The maximum absolute atomic E-state index is 12.4. The second-order valence-corrected chi connectivity index (χ2v) is 6.26. The molecule has 2 aromatic rings. The Hall–Kier alpha value is -3.26. The predicted octanol–water partition coefficient (Wildman–Crippen LogP) is 3.15. The van der Waals surface area contributed by atoms with E-state index in [-0.39, 0.29) is 24.1 Å². The summed E-state index contributed by atoms with van der Waals surface area (Å²) < 4.78 is 5.16. The molecule has 1 heterocycles. The van der Waals surface area contributed by atoms with Crippen molar-refractivity contribution >= 4 is 35.1 Å². The highest BCUT2D eigenvalue weighted by Gasteiger charge is 2.40. The summed E-state index contributed by atoms with van der Waals surface area (Å²) in [5.41, 5.74) is -0.00715. The molecule has 0 spiro atoms. The van der Waals surface area contributed by atoms with Crippen LogP contribution in [0.5, 0.6) is 5.75 Å². The Morgan fingerprint density at radius 3 is 2.63 bits per heavy atom. The maximum atomic E-state index is 12.4. The topological polar surface area (TPSA) is 107 Å². The van der Waals surface area contributed by atoms with Crippen LogP contribution in [0.4, 0.5) is 5.69 Å². The SMILES string of the molecule is Cc1cc(OC(=O)CCN2C(=O)c3cccc([N+](=O)[O-])c3C2=O)ccc1Cl. The van der Waals surface area contributed by atoms with E-state index in [1.54, 1.807) is 19.1 Å². The van der Waals surface area contributed by atoms with Crippen LogP contribution in [0, 0.1) is 17.0 Å². The Labute approximate surface area is 158 Å². The van der Waals surface area contributed by atoms with Crippen molar-refractivity contribution in [2.24, 2.45) is 0 Å². The highest BCUT2D eigenvalue weighted by molar-refractivity contribution is 6.31. The number of fused-ring (bicyclic) bond motifs is 1. The molecule has 2 amide bonds. The molecule has 0 aromatic heterocycles. The molecule has 0 atom stereocenters. The van der Waals surface area contributed by atoms with E-state index in [1.165, 1.54) is 18.2 Å². The predicted molar refractivity (Wildman–Crippen MR) is 94.9 cm³/mol.